The van der Waals surface area contributed by atoms with Crippen molar-refractivity contribution < 1.29 is 9.84 Å². The molecule has 0 spiro atoms. The van der Waals surface area contributed by atoms with Gasteiger partial charge in [-0.1, -0.05) is 41.4 Å². The van der Waals surface area contributed by atoms with Crippen molar-refractivity contribution in [2.75, 3.05) is 0 Å². The van der Waals surface area contributed by atoms with E-state index < -0.39 is 0 Å². The van der Waals surface area contributed by atoms with Crippen LogP contribution < -0.4 is 4.74 Å². The van der Waals surface area contributed by atoms with Crippen LogP contribution in [0.5, 0.6) is 17.4 Å². The van der Waals surface area contributed by atoms with Crippen LogP contribution in [-0.4, -0.2) is 9.78 Å². The molecule has 4 aromatic rings. The second-order valence-corrected chi connectivity index (χ2v) is 6.66. The number of ether oxygens (including phenoxy) is 1. The van der Waals surface area contributed by atoms with Crippen LogP contribution >= 0.6 is 23.2 Å². The molecule has 6 heteroatoms. The molecular formula is C21H13Cl2N2O2. The number of benzene rings is 3. The first kappa shape index (κ1) is 17.5. The van der Waals surface area contributed by atoms with Crippen LogP contribution in [0.25, 0.3) is 16.9 Å². The van der Waals surface area contributed by atoms with Crippen LogP contribution in [0.2, 0.25) is 10.0 Å². The molecule has 0 aliphatic rings. The lowest BCUT2D eigenvalue weighted by Gasteiger charge is -2.10. The third kappa shape index (κ3) is 3.77. The SMILES string of the molecule is [O]c1cc(-c2ccc(Oc3ccccc3)cc2)n(-c2ccc(Cl)cc2Cl)n1. The summed E-state index contributed by atoms with van der Waals surface area (Å²) in [6.45, 7) is 0. The highest BCUT2D eigenvalue weighted by Crippen LogP contribution is 2.32. The Morgan fingerprint density at radius 1 is 0.815 bits per heavy atom. The van der Waals surface area contributed by atoms with E-state index in [-0.39, 0.29) is 5.88 Å². The molecule has 133 valence electrons. The third-order valence-corrected chi connectivity index (χ3v) is 4.49. The number of nitrogens with zero attached hydrogens (tertiary/aromatic N) is 2. The van der Waals surface area contributed by atoms with Gasteiger partial charge in [0.15, 0.2) is 0 Å². The van der Waals surface area contributed by atoms with Crippen LogP contribution in [0, 0.1) is 0 Å². The van der Waals surface area contributed by atoms with Gasteiger partial charge in [0.25, 0.3) is 5.88 Å². The predicted molar refractivity (Wildman–Crippen MR) is 106 cm³/mol. The van der Waals surface area contributed by atoms with Gasteiger partial charge in [-0.2, -0.15) is 0 Å². The van der Waals surface area contributed by atoms with E-state index in [9.17, 15) is 5.11 Å². The van der Waals surface area contributed by atoms with Crippen molar-refractivity contribution in [3.05, 3.63) is 88.9 Å². The van der Waals surface area contributed by atoms with E-state index in [1.165, 1.54) is 10.7 Å². The number of hydrogen-bond acceptors (Lipinski definition) is 2. The zero-order chi connectivity index (χ0) is 18.8. The summed E-state index contributed by atoms with van der Waals surface area (Å²) in [6, 6.07) is 23.5. The topological polar surface area (TPSA) is 47.0 Å². The summed E-state index contributed by atoms with van der Waals surface area (Å²) in [6.07, 6.45) is 0. The van der Waals surface area contributed by atoms with Gasteiger partial charge in [0.2, 0.25) is 0 Å². The zero-order valence-corrected chi connectivity index (χ0v) is 15.5. The minimum Gasteiger partial charge on any atom is -0.457 e. The third-order valence-electron chi connectivity index (χ3n) is 3.95. The Labute approximate surface area is 166 Å². The van der Waals surface area contributed by atoms with Crippen molar-refractivity contribution in [2.24, 2.45) is 0 Å². The molecule has 0 aliphatic carbocycles. The first-order valence-corrected chi connectivity index (χ1v) is 8.91. The standard InChI is InChI=1S/C21H13Cl2N2O2/c22-15-8-11-19(18(23)12-15)25-20(13-21(26)24-25)14-6-9-17(10-7-14)27-16-4-2-1-3-5-16/h1-13H. The minimum atomic E-state index is -0.347. The Morgan fingerprint density at radius 2 is 1.52 bits per heavy atom. The molecule has 1 aromatic heterocycles. The van der Waals surface area contributed by atoms with Gasteiger partial charge in [-0.05, 0) is 54.6 Å². The van der Waals surface area contributed by atoms with Crippen molar-refractivity contribution >= 4 is 23.2 Å². The molecule has 4 nitrogen and oxygen atoms in total. The molecule has 0 unspecified atom stereocenters. The summed E-state index contributed by atoms with van der Waals surface area (Å²) in [5.74, 6) is 1.11. The van der Waals surface area contributed by atoms with Crippen LogP contribution in [0.15, 0.2) is 78.9 Å². The van der Waals surface area contributed by atoms with Gasteiger partial charge >= 0.3 is 0 Å². The molecule has 0 amide bonds. The van der Waals surface area contributed by atoms with Gasteiger partial charge in [-0.15, -0.1) is 5.10 Å². The smallest absolute Gasteiger partial charge is 0.288 e. The second-order valence-electron chi connectivity index (χ2n) is 5.81. The molecule has 0 atom stereocenters. The lowest BCUT2D eigenvalue weighted by Crippen LogP contribution is -1.99. The van der Waals surface area contributed by atoms with Crippen molar-refractivity contribution in [2.45, 2.75) is 0 Å². The Morgan fingerprint density at radius 3 is 2.22 bits per heavy atom. The monoisotopic (exact) mass is 395 g/mol. The summed E-state index contributed by atoms with van der Waals surface area (Å²) in [4.78, 5) is 0. The van der Waals surface area contributed by atoms with Crippen LogP contribution in [0.1, 0.15) is 0 Å². The average molecular weight is 396 g/mol. The number of para-hydroxylation sites is 1. The number of hydrogen-bond donors (Lipinski definition) is 0. The molecule has 1 heterocycles. The lowest BCUT2D eigenvalue weighted by atomic mass is 10.1. The van der Waals surface area contributed by atoms with E-state index in [0.717, 1.165) is 11.3 Å². The molecule has 1 radical (unpaired) electrons. The van der Waals surface area contributed by atoms with Crippen molar-refractivity contribution in [3.8, 4) is 34.3 Å². The Hall–Kier alpha value is -2.95. The summed E-state index contributed by atoms with van der Waals surface area (Å²) < 4.78 is 7.32. The van der Waals surface area contributed by atoms with E-state index in [0.29, 0.717) is 27.2 Å². The van der Waals surface area contributed by atoms with Crippen molar-refractivity contribution in [1.29, 1.82) is 0 Å². The molecule has 0 N–H and O–H groups in total. The van der Waals surface area contributed by atoms with E-state index in [1.807, 2.05) is 54.6 Å². The highest BCUT2D eigenvalue weighted by molar-refractivity contribution is 6.35. The minimum absolute atomic E-state index is 0.347. The molecule has 27 heavy (non-hydrogen) atoms. The Balaban J connectivity index is 1.68. The maximum Gasteiger partial charge on any atom is 0.288 e. The molecular weight excluding hydrogens is 383 g/mol. The second kappa shape index (κ2) is 7.35. The fourth-order valence-corrected chi connectivity index (χ4v) is 3.21. The van der Waals surface area contributed by atoms with Gasteiger partial charge in [-0.3, -0.25) is 5.11 Å². The average Bonchev–Trinajstić information content (AvgIpc) is 3.05. The fourth-order valence-electron chi connectivity index (χ4n) is 2.72. The normalized spacial score (nSPS) is 10.7. The molecule has 0 bridgehead atoms. The van der Waals surface area contributed by atoms with Gasteiger partial charge in [0.05, 0.1) is 16.4 Å². The van der Waals surface area contributed by atoms with Crippen LogP contribution in [0.4, 0.5) is 0 Å². The molecule has 0 saturated heterocycles. The van der Waals surface area contributed by atoms with Gasteiger partial charge in [0, 0.05) is 16.7 Å². The number of halogens is 2. The molecule has 0 aliphatic heterocycles. The highest BCUT2D eigenvalue weighted by Gasteiger charge is 2.15. The van der Waals surface area contributed by atoms with E-state index in [4.69, 9.17) is 27.9 Å². The predicted octanol–water partition coefficient (Wildman–Crippen LogP) is 6.78. The van der Waals surface area contributed by atoms with Gasteiger partial charge in [-0.25, -0.2) is 4.68 Å². The maximum absolute atomic E-state index is 11.9. The summed E-state index contributed by atoms with van der Waals surface area (Å²) >= 11 is 12.2. The summed E-state index contributed by atoms with van der Waals surface area (Å²) in [5.41, 5.74) is 2.04. The lowest BCUT2D eigenvalue weighted by molar-refractivity contribution is 0.334. The number of aromatic nitrogens is 2. The molecule has 3 aromatic carbocycles. The highest BCUT2D eigenvalue weighted by atomic mass is 35.5. The summed E-state index contributed by atoms with van der Waals surface area (Å²) in [7, 11) is 0. The van der Waals surface area contributed by atoms with Crippen molar-refractivity contribution in [1.82, 2.24) is 9.78 Å². The van der Waals surface area contributed by atoms with E-state index >= 15 is 0 Å². The summed E-state index contributed by atoms with van der Waals surface area (Å²) in [5, 5.41) is 16.9. The van der Waals surface area contributed by atoms with Gasteiger partial charge < -0.3 is 4.74 Å². The van der Waals surface area contributed by atoms with Crippen LogP contribution in [0.3, 0.4) is 0 Å². The zero-order valence-electron chi connectivity index (χ0n) is 14.0. The Kier molecular flexibility index (Phi) is 4.75. The molecule has 0 fully saturated rings. The Bertz CT molecular complexity index is 1080. The van der Waals surface area contributed by atoms with Gasteiger partial charge in [0.1, 0.15) is 11.5 Å². The fraction of sp³-hybridized carbons (Fsp3) is 0. The van der Waals surface area contributed by atoms with Crippen molar-refractivity contribution in [3.63, 3.8) is 0 Å². The largest absolute Gasteiger partial charge is 0.457 e. The number of rotatable bonds is 4. The van der Waals surface area contributed by atoms with E-state index in [2.05, 4.69) is 5.10 Å². The quantitative estimate of drug-likeness (QED) is 0.382. The molecule has 4 rings (SSSR count). The maximum atomic E-state index is 11.9. The van der Waals surface area contributed by atoms with Crippen LogP contribution in [-0.2, 0) is 5.11 Å². The first-order valence-electron chi connectivity index (χ1n) is 8.16. The first-order chi connectivity index (χ1) is 13.1. The van der Waals surface area contributed by atoms with E-state index in [1.54, 1.807) is 18.2 Å². The molecule has 0 saturated carbocycles.